The number of aromatic nitrogens is 1. The van der Waals surface area contributed by atoms with Crippen molar-refractivity contribution in [2.45, 2.75) is 44.6 Å². The smallest absolute Gasteiger partial charge is 0.333 e. The summed E-state index contributed by atoms with van der Waals surface area (Å²) in [6.07, 6.45) is 7.40. The van der Waals surface area contributed by atoms with Crippen LogP contribution >= 0.6 is 11.0 Å². The Labute approximate surface area is 211 Å². The summed E-state index contributed by atoms with van der Waals surface area (Å²) in [5.74, 6) is -1.24. The highest BCUT2D eigenvalue weighted by Crippen LogP contribution is 2.46. The molecule has 1 aliphatic carbocycles. The van der Waals surface area contributed by atoms with Crippen LogP contribution in [0, 0.1) is 0 Å². The van der Waals surface area contributed by atoms with Crippen LogP contribution in [-0.2, 0) is 11.3 Å². The molecule has 0 radical (unpaired) electrons. The molecule has 0 bridgehead atoms. The monoisotopic (exact) mass is 509 g/mol. The van der Waals surface area contributed by atoms with Crippen molar-refractivity contribution >= 4 is 39.8 Å². The standard InChI is InChI=1S/C27H31N3O5S/c1-29(2)36(34,35)28-26(31)19-12-13-22-23(15-19)30-16-20(27(32)33)14-18-10-6-7-11-21(18)25(30)24(22)17-8-4-3-5-9-17/h6-7,10-15,17,34-35H,3-5,8-9,16H2,1-2H3,(H,28,31)(H,32,33). The molecule has 2 aliphatic rings. The van der Waals surface area contributed by atoms with Crippen LogP contribution in [0.15, 0.2) is 48.0 Å². The van der Waals surface area contributed by atoms with E-state index in [9.17, 15) is 23.8 Å². The van der Waals surface area contributed by atoms with Crippen molar-refractivity contribution < 1.29 is 23.8 Å². The van der Waals surface area contributed by atoms with E-state index in [4.69, 9.17) is 0 Å². The zero-order valence-corrected chi connectivity index (χ0v) is 21.2. The van der Waals surface area contributed by atoms with Gasteiger partial charge in [0.2, 0.25) is 0 Å². The van der Waals surface area contributed by atoms with E-state index in [-0.39, 0.29) is 17.7 Å². The van der Waals surface area contributed by atoms with Crippen LogP contribution in [0.25, 0.3) is 28.2 Å². The van der Waals surface area contributed by atoms with Crippen molar-refractivity contribution in [2.24, 2.45) is 0 Å². The summed E-state index contributed by atoms with van der Waals surface area (Å²) < 4.78 is 25.9. The van der Waals surface area contributed by atoms with Crippen LogP contribution in [0.2, 0.25) is 0 Å². The molecule has 3 aromatic rings. The average molecular weight is 510 g/mol. The fourth-order valence-corrected chi connectivity index (χ4v) is 5.97. The van der Waals surface area contributed by atoms with Gasteiger partial charge in [-0.15, -0.1) is 0 Å². The van der Waals surface area contributed by atoms with E-state index >= 15 is 0 Å². The number of hydrogen-bond donors (Lipinski definition) is 4. The number of carboxylic acids is 1. The maximum atomic E-state index is 13.0. The third-order valence-electron chi connectivity index (χ3n) is 7.27. The zero-order valence-electron chi connectivity index (χ0n) is 20.4. The fourth-order valence-electron chi connectivity index (χ4n) is 5.42. The summed E-state index contributed by atoms with van der Waals surface area (Å²) in [5.41, 5.74) is 5.38. The Balaban J connectivity index is 1.74. The first kappa shape index (κ1) is 24.6. The molecule has 9 heteroatoms. The van der Waals surface area contributed by atoms with Crippen LogP contribution in [-0.4, -0.2) is 49.1 Å². The molecule has 4 N–H and O–H groups in total. The lowest BCUT2D eigenvalue weighted by Crippen LogP contribution is -2.35. The lowest BCUT2D eigenvalue weighted by molar-refractivity contribution is -0.132. The van der Waals surface area contributed by atoms with Crippen molar-refractivity contribution in [3.8, 4) is 11.3 Å². The minimum atomic E-state index is -3.45. The molecule has 8 nitrogen and oxygen atoms in total. The molecular weight excluding hydrogens is 478 g/mol. The number of fused-ring (bicyclic) bond motifs is 5. The molecule has 1 amide bonds. The van der Waals surface area contributed by atoms with Crippen molar-refractivity contribution in [1.82, 2.24) is 13.6 Å². The molecule has 5 rings (SSSR count). The predicted octanol–water partition coefficient (Wildman–Crippen LogP) is 5.71. The van der Waals surface area contributed by atoms with Gasteiger partial charge in [0.15, 0.2) is 0 Å². The second kappa shape index (κ2) is 9.40. The van der Waals surface area contributed by atoms with Gasteiger partial charge < -0.3 is 9.67 Å². The van der Waals surface area contributed by atoms with E-state index in [1.165, 1.54) is 26.1 Å². The summed E-state index contributed by atoms with van der Waals surface area (Å²) >= 11 is 0. The molecule has 1 aromatic heterocycles. The Morgan fingerprint density at radius 3 is 2.47 bits per heavy atom. The van der Waals surface area contributed by atoms with E-state index in [1.807, 2.05) is 34.9 Å². The summed E-state index contributed by atoms with van der Waals surface area (Å²) in [7, 11) is -0.511. The molecule has 190 valence electrons. The van der Waals surface area contributed by atoms with Crippen LogP contribution in [0.5, 0.6) is 0 Å². The zero-order chi connectivity index (χ0) is 25.6. The number of benzene rings is 2. The first-order chi connectivity index (χ1) is 17.2. The molecular formula is C27H31N3O5S. The van der Waals surface area contributed by atoms with Crippen molar-refractivity contribution in [2.75, 3.05) is 14.1 Å². The topological polar surface area (TPSA) is 115 Å². The van der Waals surface area contributed by atoms with Gasteiger partial charge in [-0.3, -0.25) is 13.9 Å². The second-order valence-corrected chi connectivity index (χ2v) is 11.7. The van der Waals surface area contributed by atoms with Gasteiger partial charge in [0.05, 0.1) is 17.8 Å². The number of rotatable bonds is 5. The van der Waals surface area contributed by atoms with Gasteiger partial charge >= 0.3 is 5.97 Å². The summed E-state index contributed by atoms with van der Waals surface area (Å²) in [5, 5.41) is 11.0. The molecule has 2 aromatic carbocycles. The average Bonchev–Trinajstić information content (AvgIpc) is 3.06. The minimum Gasteiger partial charge on any atom is -0.478 e. The summed E-state index contributed by atoms with van der Waals surface area (Å²) in [6, 6.07) is 13.2. The molecule has 2 heterocycles. The molecule has 1 saturated carbocycles. The van der Waals surface area contributed by atoms with Crippen LogP contribution in [0.1, 0.15) is 59.5 Å². The molecule has 0 unspecified atom stereocenters. The second-order valence-electron chi connectivity index (χ2n) is 9.74. The fraction of sp³-hybridized carbons (Fsp3) is 0.333. The van der Waals surface area contributed by atoms with Crippen LogP contribution in [0.3, 0.4) is 0 Å². The molecule has 0 atom stereocenters. The maximum Gasteiger partial charge on any atom is 0.333 e. The van der Waals surface area contributed by atoms with Gasteiger partial charge in [0, 0.05) is 36.1 Å². The molecule has 0 spiro atoms. The van der Waals surface area contributed by atoms with Crippen LogP contribution < -0.4 is 4.72 Å². The molecule has 1 fully saturated rings. The van der Waals surface area contributed by atoms with Crippen molar-refractivity contribution in [3.05, 3.63) is 64.7 Å². The number of amides is 1. The van der Waals surface area contributed by atoms with Crippen LogP contribution in [0.4, 0.5) is 0 Å². The number of nitrogens with zero attached hydrogens (tertiary/aromatic N) is 2. The maximum absolute atomic E-state index is 13.0. The Morgan fingerprint density at radius 1 is 1.06 bits per heavy atom. The first-order valence-electron chi connectivity index (χ1n) is 12.1. The highest BCUT2D eigenvalue weighted by atomic mass is 32.3. The lowest BCUT2D eigenvalue weighted by Gasteiger charge is -2.37. The highest BCUT2D eigenvalue weighted by molar-refractivity contribution is 8.21. The number of nitrogens with one attached hydrogen (secondary N) is 1. The van der Waals surface area contributed by atoms with E-state index in [1.54, 1.807) is 18.2 Å². The quantitative estimate of drug-likeness (QED) is 0.350. The lowest BCUT2D eigenvalue weighted by atomic mass is 9.81. The van der Waals surface area contributed by atoms with Gasteiger partial charge in [-0.25, -0.2) is 9.52 Å². The third kappa shape index (κ3) is 4.32. The largest absolute Gasteiger partial charge is 0.478 e. The van der Waals surface area contributed by atoms with Gasteiger partial charge in [-0.1, -0.05) is 60.6 Å². The van der Waals surface area contributed by atoms with Gasteiger partial charge in [-0.2, -0.15) is 4.31 Å². The number of aliphatic carboxylic acids is 1. The number of carbonyl (C=O) groups is 2. The highest BCUT2D eigenvalue weighted by Gasteiger charge is 2.30. The van der Waals surface area contributed by atoms with E-state index < -0.39 is 22.8 Å². The minimum absolute atomic E-state index is 0.167. The normalized spacial score (nSPS) is 16.8. The first-order valence-corrected chi connectivity index (χ1v) is 13.6. The van der Waals surface area contributed by atoms with E-state index in [0.717, 1.165) is 57.7 Å². The van der Waals surface area contributed by atoms with Crippen molar-refractivity contribution in [1.29, 1.82) is 0 Å². The number of hydrogen-bond acceptors (Lipinski definition) is 5. The van der Waals surface area contributed by atoms with Crippen molar-refractivity contribution in [3.63, 3.8) is 0 Å². The Bertz CT molecular complexity index is 1390. The van der Waals surface area contributed by atoms with E-state index in [0.29, 0.717) is 5.92 Å². The predicted molar refractivity (Wildman–Crippen MR) is 143 cm³/mol. The Hall–Kier alpha value is -3.11. The summed E-state index contributed by atoms with van der Waals surface area (Å²) in [6.45, 7) is 0.167. The Kier molecular flexibility index (Phi) is 6.42. The van der Waals surface area contributed by atoms with E-state index in [2.05, 4.69) is 4.72 Å². The molecule has 36 heavy (non-hydrogen) atoms. The van der Waals surface area contributed by atoms with Gasteiger partial charge in [-0.05, 0) is 48.1 Å². The number of carboxylic acid groups (broad SMARTS) is 1. The molecule has 1 aliphatic heterocycles. The number of carbonyl (C=O) groups excluding carboxylic acids is 1. The Morgan fingerprint density at radius 2 is 1.78 bits per heavy atom. The van der Waals surface area contributed by atoms with Gasteiger partial charge in [0.25, 0.3) is 5.91 Å². The van der Waals surface area contributed by atoms with Gasteiger partial charge in [0.1, 0.15) is 0 Å². The summed E-state index contributed by atoms with van der Waals surface area (Å²) in [4.78, 5) is 25.1. The third-order valence-corrected chi connectivity index (χ3v) is 8.74. The SMILES string of the molecule is CN(C)S(O)(O)NC(=O)c1ccc2c(C3CCCCC3)c3n(c2c1)CC(C(=O)O)=Cc1ccccc1-3. The molecule has 0 saturated heterocycles.